The number of aromatic nitrogens is 3. The van der Waals surface area contributed by atoms with Crippen molar-refractivity contribution in [1.29, 1.82) is 0 Å². The van der Waals surface area contributed by atoms with Gasteiger partial charge in [-0.1, -0.05) is 17.3 Å². The average molecular weight is 479 g/mol. The van der Waals surface area contributed by atoms with Crippen molar-refractivity contribution in [2.45, 2.75) is 49.0 Å². The molecule has 0 radical (unpaired) electrons. The third kappa shape index (κ3) is 5.61. The molecule has 0 saturated carbocycles. The molecule has 2 aromatic carbocycles. The number of sulfonamides is 1. The Bertz CT molecular complexity index is 1190. The Morgan fingerprint density at radius 2 is 1.88 bits per heavy atom. The number of rotatable bonds is 8. The lowest BCUT2D eigenvalue weighted by Crippen LogP contribution is -2.50. The van der Waals surface area contributed by atoms with Crippen molar-refractivity contribution in [1.82, 2.24) is 19.7 Å². The van der Waals surface area contributed by atoms with Crippen molar-refractivity contribution in [2.75, 3.05) is 6.61 Å². The SMILES string of the molecule is O=S(=O)(N[C@@H]1CC[C@H](CCn2cc(-c3ccccc3F)nn2)O[C@@H]1CO)c1ccc(F)cc1. The van der Waals surface area contributed by atoms with Crippen LogP contribution >= 0.6 is 0 Å². The Labute approximate surface area is 190 Å². The zero-order valence-electron chi connectivity index (χ0n) is 17.6. The van der Waals surface area contributed by atoms with E-state index in [4.69, 9.17) is 4.74 Å². The fraction of sp³-hybridized carbons (Fsp3) is 0.364. The molecule has 1 aliphatic heterocycles. The highest BCUT2D eigenvalue weighted by atomic mass is 32.2. The first-order valence-corrected chi connectivity index (χ1v) is 12.0. The van der Waals surface area contributed by atoms with Crippen molar-refractivity contribution in [3.05, 3.63) is 66.4 Å². The molecule has 3 aromatic rings. The van der Waals surface area contributed by atoms with E-state index in [9.17, 15) is 22.3 Å². The average Bonchev–Trinajstić information content (AvgIpc) is 3.27. The van der Waals surface area contributed by atoms with E-state index < -0.39 is 28.0 Å². The molecule has 0 aliphatic carbocycles. The number of aliphatic hydroxyl groups excluding tert-OH is 1. The van der Waals surface area contributed by atoms with Crippen molar-refractivity contribution in [3.63, 3.8) is 0 Å². The minimum Gasteiger partial charge on any atom is -0.394 e. The summed E-state index contributed by atoms with van der Waals surface area (Å²) in [5.74, 6) is -0.903. The van der Waals surface area contributed by atoms with Crippen LogP contribution in [0.25, 0.3) is 11.3 Å². The summed E-state index contributed by atoms with van der Waals surface area (Å²) in [6.07, 6.45) is 2.33. The van der Waals surface area contributed by atoms with Gasteiger partial charge in [0.05, 0.1) is 35.9 Å². The van der Waals surface area contributed by atoms with Crippen molar-refractivity contribution < 1.29 is 27.0 Å². The Morgan fingerprint density at radius 3 is 2.61 bits per heavy atom. The maximum atomic E-state index is 13.9. The van der Waals surface area contributed by atoms with Gasteiger partial charge in [0.15, 0.2) is 0 Å². The summed E-state index contributed by atoms with van der Waals surface area (Å²) >= 11 is 0. The number of aliphatic hydroxyl groups is 1. The van der Waals surface area contributed by atoms with Crippen LogP contribution in [0, 0.1) is 11.6 Å². The first-order chi connectivity index (χ1) is 15.9. The van der Waals surface area contributed by atoms with Crippen LogP contribution in [0.3, 0.4) is 0 Å². The van der Waals surface area contributed by atoms with Crippen molar-refractivity contribution in [3.8, 4) is 11.3 Å². The van der Waals surface area contributed by atoms with Crippen LogP contribution in [-0.2, 0) is 21.3 Å². The van der Waals surface area contributed by atoms with Crippen LogP contribution in [0.15, 0.2) is 59.6 Å². The number of nitrogens with one attached hydrogen (secondary N) is 1. The van der Waals surface area contributed by atoms with Crippen molar-refractivity contribution in [2.24, 2.45) is 0 Å². The molecule has 2 heterocycles. The molecule has 2 N–H and O–H groups in total. The Balaban J connectivity index is 1.34. The third-order valence-electron chi connectivity index (χ3n) is 5.59. The molecule has 0 amide bonds. The number of aryl methyl sites for hydroxylation is 1. The van der Waals surface area contributed by atoms with E-state index in [-0.39, 0.29) is 23.4 Å². The normalized spacial score (nSPS) is 21.2. The molecule has 1 aliphatic rings. The molecule has 0 bridgehead atoms. The Morgan fingerprint density at radius 1 is 1.12 bits per heavy atom. The first kappa shape index (κ1) is 23.4. The summed E-state index contributed by atoms with van der Waals surface area (Å²) in [5.41, 5.74) is 0.801. The van der Waals surface area contributed by atoms with Gasteiger partial charge in [-0.15, -0.1) is 5.10 Å². The van der Waals surface area contributed by atoms with E-state index in [2.05, 4.69) is 15.0 Å². The van der Waals surface area contributed by atoms with E-state index >= 15 is 0 Å². The summed E-state index contributed by atoms with van der Waals surface area (Å²) in [4.78, 5) is -0.0560. The molecule has 11 heteroatoms. The minimum absolute atomic E-state index is 0.0560. The molecule has 0 spiro atoms. The van der Waals surface area contributed by atoms with Gasteiger partial charge in [0.2, 0.25) is 10.0 Å². The van der Waals surface area contributed by atoms with Gasteiger partial charge in [0.25, 0.3) is 0 Å². The highest BCUT2D eigenvalue weighted by Gasteiger charge is 2.34. The fourth-order valence-corrected chi connectivity index (χ4v) is 5.13. The van der Waals surface area contributed by atoms with Crippen LogP contribution in [0.5, 0.6) is 0 Å². The molecule has 1 aromatic heterocycles. The summed E-state index contributed by atoms with van der Waals surface area (Å²) in [5, 5.41) is 17.8. The van der Waals surface area contributed by atoms with E-state index in [1.807, 2.05) is 0 Å². The lowest BCUT2D eigenvalue weighted by atomic mass is 9.98. The Kier molecular flexibility index (Phi) is 7.13. The van der Waals surface area contributed by atoms with Gasteiger partial charge < -0.3 is 9.84 Å². The molecule has 3 atom stereocenters. The second kappa shape index (κ2) is 10.0. The van der Waals surface area contributed by atoms with E-state index in [1.165, 1.54) is 18.2 Å². The van der Waals surface area contributed by atoms with Gasteiger partial charge in [0.1, 0.15) is 17.3 Å². The molecule has 176 valence electrons. The maximum Gasteiger partial charge on any atom is 0.240 e. The van der Waals surface area contributed by atoms with Crippen LogP contribution in [0.2, 0.25) is 0 Å². The smallest absolute Gasteiger partial charge is 0.240 e. The lowest BCUT2D eigenvalue weighted by molar-refractivity contribution is -0.0891. The summed E-state index contributed by atoms with van der Waals surface area (Å²) < 4.78 is 62.3. The molecule has 4 rings (SSSR count). The van der Waals surface area contributed by atoms with E-state index in [0.29, 0.717) is 37.1 Å². The number of hydrogen-bond donors (Lipinski definition) is 2. The maximum absolute atomic E-state index is 13.9. The van der Waals surface area contributed by atoms with Crippen LogP contribution < -0.4 is 4.72 Å². The van der Waals surface area contributed by atoms with E-state index in [1.54, 1.807) is 29.1 Å². The van der Waals surface area contributed by atoms with Gasteiger partial charge in [-0.25, -0.2) is 21.9 Å². The minimum atomic E-state index is -3.88. The molecular weight excluding hydrogens is 454 g/mol. The zero-order valence-corrected chi connectivity index (χ0v) is 18.5. The molecule has 0 unspecified atom stereocenters. The number of hydrogen-bond acceptors (Lipinski definition) is 6. The Hall–Kier alpha value is -2.73. The van der Waals surface area contributed by atoms with Gasteiger partial charge in [-0.2, -0.15) is 0 Å². The van der Waals surface area contributed by atoms with Gasteiger partial charge in [0, 0.05) is 12.1 Å². The number of ether oxygens (including phenoxy) is 1. The molecular formula is C22H24F2N4O4S. The number of halogens is 2. The predicted molar refractivity (Wildman–Crippen MR) is 116 cm³/mol. The van der Waals surface area contributed by atoms with Gasteiger partial charge >= 0.3 is 0 Å². The predicted octanol–water partition coefficient (Wildman–Crippen LogP) is 2.50. The highest BCUT2D eigenvalue weighted by Crippen LogP contribution is 2.25. The number of nitrogens with zero attached hydrogens (tertiary/aromatic N) is 3. The van der Waals surface area contributed by atoms with Crippen LogP contribution in [-0.4, -0.2) is 53.4 Å². The monoisotopic (exact) mass is 478 g/mol. The zero-order chi connectivity index (χ0) is 23.4. The fourth-order valence-electron chi connectivity index (χ4n) is 3.84. The molecule has 1 saturated heterocycles. The molecule has 1 fully saturated rings. The molecule has 33 heavy (non-hydrogen) atoms. The summed E-state index contributed by atoms with van der Waals surface area (Å²) in [7, 11) is -3.88. The second-order valence-electron chi connectivity index (χ2n) is 7.87. The topological polar surface area (TPSA) is 106 Å². The quantitative estimate of drug-likeness (QED) is 0.515. The third-order valence-corrected chi connectivity index (χ3v) is 7.10. The first-order valence-electron chi connectivity index (χ1n) is 10.5. The number of benzene rings is 2. The van der Waals surface area contributed by atoms with Gasteiger partial charge in [-0.3, -0.25) is 4.68 Å². The highest BCUT2D eigenvalue weighted by molar-refractivity contribution is 7.89. The summed E-state index contributed by atoms with van der Waals surface area (Å²) in [6.45, 7) is 0.115. The lowest BCUT2D eigenvalue weighted by Gasteiger charge is -2.36. The van der Waals surface area contributed by atoms with Crippen LogP contribution in [0.4, 0.5) is 8.78 Å². The standard InChI is InChI=1S/C22H24F2N4O4S/c23-15-5-8-17(9-6-15)33(30,31)26-20-10-7-16(32-22(20)14-29)11-12-28-13-21(25-27-28)18-3-1-2-4-19(18)24/h1-6,8-9,13,16,20,22,26,29H,7,10-12,14H2/t16-,20-,22-/m1/s1. The summed E-state index contributed by atoms with van der Waals surface area (Å²) in [6, 6.07) is 10.2. The molecule has 8 nitrogen and oxygen atoms in total. The van der Waals surface area contributed by atoms with E-state index in [0.717, 1.165) is 12.1 Å². The van der Waals surface area contributed by atoms with Gasteiger partial charge in [-0.05, 0) is 55.7 Å². The largest absolute Gasteiger partial charge is 0.394 e. The van der Waals surface area contributed by atoms with Crippen LogP contribution in [0.1, 0.15) is 19.3 Å². The second-order valence-corrected chi connectivity index (χ2v) is 9.59. The van der Waals surface area contributed by atoms with Crippen molar-refractivity contribution >= 4 is 10.0 Å².